The van der Waals surface area contributed by atoms with Crippen molar-refractivity contribution in [3.63, 3.8) is 0 Å². The first-order valence-electron chi connectivity index (χ1n) is 8.83. The summed E-state index contributed by atoms with van der Waals surface area (Å²) in [6.45, 7) is 2.84. The van der Waals surface area contributed by atoms with Crippen LogP contribution in [0.3, 0.4) is 0 Å². The number of hydrogen-bond acceptors (Lipinski definition) is 3. The lowest BCUT2D eigenvalue weighted by Gasteiger charge is -2.31. The molecule has 1 aliphatic carbocycles. The van der Waals surface area contributed by atoms with Crippen molar-refractivity contribution in [1.82, 2.24) is 4.98 Å². The minimum atomic E-state index is 0.139. The number of anilines is 3. The lowest BCUT2D eigenvalue weighted by atomic mass is 9.81. The molecule has 24 heavy (non-hydrogen) atoms. The quantitative estimate of drug-likeness (QED) is 0.841. The molecule has 1 amide bonds. The van der Waals surface area contributed by atoms with Crippen molar-refractivity contribution < 1.29 is 4.79 Å². The number of nitrogens with zero attached hydrogens (tertiary/aromatic N) is 2. The number of amides is 1. The number of rotatable bonds is 1. The van der Waals surface area contributed by atoms with Crippen molar-refractivity contribution in [2.45, 2.75) is 39.2 Å². The molecule has 2 unspecified atom stereocenters. The summed E-state index contributed by atoms with van der Waals surface area (Å²) in [6.07, 6.45) is 6.20. The number of fused-ring (bicyclic) bond motifs is 2. The molecule has 2 heterocycles. The largest absolute Gasteiger partial charge is 0.338 e. The van der Waals surface area contributed by atoms with E-state index in [1.807, 2.05) is 41.3 Å². The van der Waals surface area contributed by atoms with Crippen LogP contribution in [0, 0.1) is 11.8 Å². The highest BCUT2D eigenvalue weighted by atomic mass is 16.2. The van der Waals surface area contributed by atoms with E-state index in [1.165, 1.54) is 6.42 Å². The molecular formula is C20H23N3O. The zero-order chi connectivity index (χ0) is 16.5. The van der Waals surface area contributed by atoms with E-state index in [0.29, 0.717) is 12.5 Å². The SMILES string of the molecule is CC1CCCC(C(=O)N2Cc3cccnc3Nc3ccccc32)C1. The zero-order valence-electron chi connectivity index (χ0n) is 14.0. The van der Waals surface area contributed by atoms with Crippen LogP contribution in [0.5, 0.6) is 0 Å². The molecule has 1 aromatic carbocycles. The van der Waals surface area contributed by atoms with E-state index in [4.69, 9.17) is 0 Å². The molecule has 0 spiro atoms. The van der Waals surface area contributed by atoms with Gasteiger partial charge in [0, 0.05) is 17.7 Å². The Labute approximate surface area is 142 Å². The van der Waals surface area contributed by atoms with Gasteiger partial charge in [0.1, 0.15) is 5.82 Å². The van der Waals surface area contributed by atoms with Crippen molar-refractivity contribution in [2.24, 2.45) is 11.8 Å². The summed E-state index contributed by atoms with van der Waals surface area (Å²) in [7, 11) is 0. The Bertz CT molecular complexity index is 758. The number of pyridine rings is 1. The first-order chi connectivity index (χ1) is 11.7. The van der Waals surface area contributed by atoms with Gasteiger partial charge in [0.15, 0.2) is 0 Å². The molecule has 1 aliphatic heterocycles. The lowest BCUT2D eigenvalue weighted by molar-refractivity contribution is -0.123. The number of aromatic nitrogens is 1. The topological polar surface area (TPSA) is 45.2 Å². The molecule has 4 nitrogen and oxygen atoms in total. The Kier molecular flexibility index (Phi) is 3.97. The van der Waals surface area contributed by atoms with Gasteiger partial charge in [-0.05, 0) is 37.0 Å². The second kappa shape index (κ2) is 6.27. The Morgan fingerprint density at radius 1 is 1.21 bits per heavy atom. The smallest absolute Gasteiger partial charge is 0.230 e. The predicted octanol–water partition coefficient (Wildman–Crippen LogP) is 4.50. The summed E-state index contributed by atoms with van der Waals surface area (Å²) >= 11 is 0. The molecule has 1 N–H and O–H groups in total. The number of carbonyl (C=O) groups is 1. The highest BCUT2D eigenvalue weighted by Crippen LogP contribution is 2.37. The van der Waals surface area contributed by atoms with Crippen LogP contribution < -0.4 is 10.2 Å². The number of carbonyl (C=O) groups excluding carboxylic acids is 1. The highest BCUT2D eigenvalue weighted by Gasteiger charge is 2.32. The minimum Gasteiger partial charge on any atom is -0.338 e. The molecule has 0 bridgehead atoms. The first-order valence-corrected chi connectivity index (χ1v) is 8.83. The Balaban J connectivity index is 1.72. The van der Waals surface area contributed by atoms with Gasteiger partial charge >= 0.3 is 0 Å². The van der Waals surface area contributed by atoms with Gasteiger partial charge in [0.2, 0.25) is 5.91 Å². The fourth-order valence-corrected chi connectivity index (χ4v) is 3.95. The third kappa shape index (κ3) is 2.77. The van der Waals surface area contributed by atoms with E-state index >= 15 is 0 Å². The van der Waals surface area contributed by atoms with Gasteiger partial charge in [-0.25, -0.2) is 4.98 Å². The molecule has 1 aromatic heterocycles. The van der Waals surface area contributed by atoms with Crippen molar-refractivity contribution >= 4 is 23.1 Å². The van der Waals surface area contributed by atoms with Crippen molar-refractivity contribution in [3.8, 4) is 0 Å². The van der Waals surface area contributed by atoms with Gasteiger partial charge in [-0.1, -0.05) is 38.0 Å². The molecular weight excluding hydrogens is 298 g/mol. The van der Waals surface area contributed by atoms with Crippen LogP contribution in [0.25, 0.3) is 0 Å². The van der Waals surface area contributed by atoms with Crippen LogP contribution in [0.2, 0.25) is 0 Å². The van der Waals surface area contributed by atoms with Gasteiger partial charge < -0.3 is 10.2 Å². The Morgan fingerprint density at radius 3 is 2.96 bits per heavy atom. The maximum atomic E-state index is 13.3. The van der Waals surface area contributed by atoms with Crippen molar-refractivity contribution in [1.29, 1.82) is 0 Å². The van der Waals surface area contributed by atoms with Crippen LogP contribution in [0.15, 0.2) is 42.6 Å². The fraction of sp³-hybridized carbons (Fsp3) is 0.400. The van der Waals surface area contributed by atoms with E-state index in [-0.39, 0.29) is 11.8 Å². The molecule has 0 saturated heterocycles. The average Bonchev–Trinajstić information content (AvgIpc) is 2.77. The standard InChI is InChI=1S/C20H23N3O/c1-14-6-4-7-15(12-14)20(24)23-13-16-8-5-11-21-19(16)22-17-9-2-3-10-18(17)23/h2-3,5,8-11,14-15H,4,6-7,12-13H2,1H3,(H,21,22). The summed E-state index contributed by atoms with van der Waals surface area (Å²) < 4.78 is 0. The fourth-order valence-electron chi connectivity index (χ4n) is 3.95. The molecule has 1 fully saturated rings. The van der Waals surface area contributed by atoms with E-state index in [0.717, 1.165) is 42.0 Å². The Morgan fingerprint density at radius 2 is 2.08 bits per heavy atom. The van der Waals surface area contributed by atoms with Crippen molar-refractivity contribution in [2.75, 3.05) is 10.2 Å². The van der Waals surface area contributed by atoms with Gasteiger partial charge in [0.25, 0.3) is 0 Å². The second-order valence-electron chi connectivity index (χ2n) is 7.05. The van der Waals surface area contributed by atoms with Gasteiger partial charge in [0.05, 0.1) is 17.9 Å². The predicted molar refractivity (Wildman–Crippen MR) is 96.3 cm³/mol. The number of benzene rings is 1. The molecule has 2 atom stereocenters. The molecule has 4 heteroatoms. The zero-order valence-corrected chi connectivity index (χ0v) is 14.0. The molecule has 4 rings (SSSR count). The van der Waals surface area contributed by atoms with Crippen LogP contribution in [-0.4, -0.2) is 10.9 Å². The van der Waals surface area contributed by atoms with Crippen LogP contribution >= 0.6 is 0 Å². The summed E-state index contributed by atoms with van der Waals surface area (Å²) in [5.74, 6) is 1.88. The number of para-hydroxylation sites is 2. The van der Waals surface area contributed by atoms with E-state index in [2.05, 4.69) is 17.2 Å². The number of hydrogen-bond donors (Lipinski definition) is 1. The number of nitrogens with one attached hydrogen (secondary N) is 1. The molecule has 1 saturated carbocycles. The van der Waals surface area contributed by atoms with Gasteiger partial charge in [-0.3, -0.25) is 4.79 Å². The van der Waals surface area contributed by atoms with Crippen LogP contribution in [0.1, 0.15) is 38.2 Å². The third-order valence-electron chi connectivity index (χ3n) is 5.22. The highest BCUT2D eigenvalue weighted by molar-refractivity contribution is 5.99. The van der Waals surface area contributed by atoms with Crippen LogP contribution in [0.4, 0.5) is 17.2 Å². The third-order valence-corrected chi connectivity index (χ3v) is 5.22. The molecule has 0 radical (unpaired) electrons. The summed E-state index contributed by atoms with van der Waals surface area (Å²) in [4.78, 5) is 19.7. The normalized spacial score (nSPS) is 22.8. The van der Waals surface area contributed by atoms with Gasteiger partial charge in [-0.15, -0.1) is 0 Å². The van der Waals surface area contributed by atoms with E-state index in [9.17, 15) is 4.79 Å². The maximum Gasteiger partial charge on any atom is 0.230 e. The minimum absolute atomic E-state index is 0.139. The molecule has 2 aliphatic rings. The maximum absolute atomic E-state index is 13.3. The Hall–Kier alpha value is -2.36. The summed E-state index contributed by atoms with van der Waals surface area (Å²) in [5.41, 5.74) is 2.97. The summed E-state index contributed by atoms with van der Waals surface area (Å²) in [6, 6.07) is 12.0. The van der Waals surface area contributed by atoms with Crippen molar-refractivity contribution in [3.05, 3.63) is 48.2 Å². The first kappa shape index (κ1) is 15.2. The average molecular weight is 321 g/mol. The molecule has 2 aromatic rings. The van der Waals surface area contributed by atoms with Gasteiger partial charge in [-0.2, -0.15) is 0 Å². The lowest BCUT2D eigenvalue weighted by Crippen LogP contribution is -2.37. The van der Waals surface area contributed by atoms with Crippen LogP contribution in [-0.2, 0) is 11.3 Å². The molecule has 124 valence electrons. The summed E-state index contributed by atoms with van der Waals surface area (Å²) in [5, 5.41) is 3.39. The monoisotopic (exact) mass is 321 g/mol. The van der Waals surface area contributed by atoms with E-state index in [1.54, 1.807) is 6.20 Å². The van der Waals surface area contributed by atoms with E-state index < -0.39 is 0 Å². The second-order valence-corrected chi connectivity index (χ2v) is 7.05.